The fourth-order valence-electron chi connectivity index (χ4n) is 2.99. The van der Waals surface area contributed by atoms with Gasteiger partial charge in [-0.1, -0.05) is 39.7 Å². The Kier molecular flexibility index (Phi) is 5.25. The van der Waals surface area contributed by atoms with E-state index < -0.39 is 0 Å². The van der Waals surface area contributed by atoms with Crippen LogP contribution >= 0.6 is 27.5 Å². The highest BCUT2D eigenvalue weighted by Gasteiger charge is 2.12. The zero-order chi connectivity index (χ0) is 20.5. The summed E-state index contributed by atoms with van der Waals surface area (Å²) in [7, 11) is 0. The molecule has 2 heterocycles. The minimum Gasteiger partial charge on any atom is -0.325 e. The Labute approximate surface area is 179 Å². The van der Waals surface area contributed by atoms with Crippen molar-refractivity contribution in [1.82, 2.24) is 14.2 Å². The molecule has 8 heteroatoms. The van der Waals surface area contributed by atoms with Gasteiger partial charge in [0.05, 0.1) is 5.69 Å². The zero-order valence-corrected chi connectivity index (χ0v) is 17.7. The number of nitrogens with one attached hydrogen (secondary N) is 1. The first-order chi connectivity index (χ1) is 13.9. The molecule has 1 amide bonds. The van der Waals surface area contributed by atoms with Crippen molar-refractivity contribution < 1.29 is 4.79 Å². The fraction of sp³-hybridized carbons (Fsp3) is 0.0952. The molecular formula is C21H16BrClN4O2. The van der Waals surface area contributed by atoms with Gasteiger partial charge in [-0.2, -0.15) is 5.10 Å². The van der Waals surface area contributed by atoms with Crippen molar-refractivity contribution in [1.29, 1.82) is 0 Å². The molecule has 146 valence electrons. The summed E-state index contributed by atoms with van der Waals surface area (Å²) in [6, 6.07) is 14.5. The third-order valence-corrected chi connectivity index (χ3v) is 5.64. The maximum absolute atomic E-state index is 12.8. The molecule has 4 aromatic rings. The van der Waals surface area contributed by atoms with E-state index in [2.05, 4.69) is 26.3 Å². The Morgan fingerprint density at radius 2 is 1.90 bits per heavy atom. The van der Waals surface area contributed by atoms with E-state index in [-0.39, 0.29) is 18.0 Å². The lowest BCUT2D eigenvalue weighted by Gasteiger charge is -2.09. The van der Waals surface area contributed by atoms with E-state index in [0.717, 1.165) is 15.6 Å². The van der Waals surface area contributed by atoms with Crippen LogP contribution in [0.15, 0.2) is 70.2 Å². The zero-order valence-electron chi connectivity index (χ0n) is 15.4. The van der Waals surface area contributed by atoms with Gasteiger partial charge >= 0.3 is 0 Å². The van der Waals surface area contributed by atoms with Crippen molar-refractivity contribution in [2.24, 2.45) is 0 Å². The van der Waals surface area contributed by atoms with E-state index in [9.17, 15) is 9.59 Å². The summed E-state index contributed by atoms with van der Waals surface area (Å²) in [5.74, 6) is -0.282. The van der Waals surface area contributed by atoms with Crippen LogP contribution in [0.5, 0.6) is 0 Å². The first-order valence-corrected chi connectivity index (χ1v) is 9.98. The van der Waals surface area contributed by atoms with Crippen molar-refractivity contribution in [3.63, 3.8) is 0 Å². The largest absolute Gasteiger partial charge is 0.325 e. The van der Waals surface area contributed by atoms with Crippen LogP contribution in [0.3, 0.4) is 0 Å². The smallest absolute Gasteiger partial charge is 0.277 e. The van der Waals surface area contributed by atoms with Crippen molar-refractivity contribution in [3.05, 3.63) is 86.3 Å². The average Bonchev–Trinajstić information content (AvgIpc) is 3.13. The molecule has 0 aliphatic carbocycles. The predicted molar refractivity (Wildman–Crippen MR) is 117 cm³/mol. The summed E-state index contributed by atoms with van der Waals surface area (Å²) < 4.78 is 3.84. The van der Waals surface area contributed by atoms with Gasteiger partial charge in [-0.25, -0.2) is 4.52 Å². The number of carbonyl (C=O) groups is 1. The normalized spacial score (nSPS) is 11.0. The Bertz CT molecular complexity index is 1280. The van der Waals surface area contributed by atoms with E-state index in [0.29, 0.717) is 21.9 Å². The number of benzene rings is 2. The van der Waals surface area contributed by atoms with Crippen molar-refractivity contribution in [3.8, 4) is 11.3 Å². The molecule has 2 aromatic carbocycles. The lowest BCUT2D eigenvalue weighted by atomic mass is 10.1. The van der Waals surface area contributed by atoms with Crippen LogP contribution < -0.4 is 10.9 Å². The van der Waals surface area contributed by atoms with Gasteiger partial charge in [0, 0.05) is 33.1 Å². The van der Waals surface area contributed by atoms with Crippen molar-refractivity contribution >= 4 is 44.6 Å². The Balaban J connectivity index is 1.58. The third-order valence-electron chi connectivity index (χ3n) is 4.50. The average molecular weight is 472 g/mol. The van der Waals surface area contributed by atoms with Crippen LogP contribution in [0, 0.1) is 6.92 Å². The third kappa shape index (κ3) is 4.11. The standard InChI is InChI=1S/C21H16BrClN4O2/c1-13-10-16(6-7-17(13)22)24-20(28)12-26-8-9-27-19(21(26)29)11-18(25-27)14-2-4-15(23)5-3-14/h2-11H,12H2,1H3,(H,24,28). The minimum atomic E-state index is -0.289. The molecule has 0 aliphatic heterocycles. The van der Waals surface area contributed by atoms with Crippen LogP contribution in [0.2, 0.25) is 5.02 Å². The molecule has 6 nitrogen and oxygen atoms in total. The van der Waals surface area contributed by atoms with Crippen LogP contribution in [-0.2, 0) is 11.3 Å². The molecule has 1 N–H and O–H groups in total. The van der Waals surface area contributed by atoms with Crippen LogP contribution in [0.4, 0.5) is 5.69 Å². The maximum Gasteiger partial charge on any atom is 0.277 e. The monoisotopic (exact) mass is 470 g/mol. The summed E-state index contributed by atoms with van der Waals surface area (Å²) in [5.41, 5.74) is 3.31. The molecule has 0 bridgehead atoms. The van der Waals surface area contributed by atoms with E-state index in [1.54, 1.807) is 36.7 Å². The van der Waals surface area contributed by atoms with Gasteiger partial charge in [-0.3, -0.25) is 9.59 Å². The van der Waals surface area contributed by atoms with Crippen LogP contribution in [0.25, 0.3) is 16.8 Å². The Morgan fingerprint density at radius 3 is 2.62 bits per heavy atom. The number of fused-ring (bicyclic) bond motifs is 1. The summed E-state index contributed by atoms with van der Waals surface area (Å²) in [6.07, 6.45) is 3.22. The molecule has 0 aliphatic rings. The number of rotatable bonds is 4. The second-order valence-corrected chi connectivity index (χ2v) is 7.90. The van der Waals surface area contributed by atoms with E-state index >= 15 is 0 Å². The highest BCUT2D eigenvalue weighted by molar-refractivity contribution is 9.10. The quantitative estimate of drug-likeness (QED) is 0.476. The Morgan fingerprint density at radius 1 is 1.14 bits per heavy atom. The SMILES string of the molecule is Cc1cc(NC(=O)Cn2ccn3nc(-c4ccc(Cl)cc4)cc3c2=O)ccc1Br. The summed E-state index contributed by atoms with van der Waals surface area (Å²) >= 11 is 9.36. The number of aryl methyl sites for hydroxylation is 1. The first-order valence-electron chi connectivity index (χ1n) is 8.81. The van der Waals surface area contributed by atoms with E-state index in [4.69, 9.17) is 11.6 Å². The number of amides is 1. The first kappa shape index (κ1) is 19.4. The molecular weight excluding hydrogens is 456 g/mol. The number of carbonyl (C=O) groups excluding carboxylic acids is 1. The lowest BCUT2D eigenvalue weighted by molar-refractivity contribution is -0.116. The molecule has 0 saturated heterocycles. The summed E-state index contributed by atoms with van der Waals surface area (Å²) in [6.45, 7) is 1.85. The lowest BCUT2D eigenvalue weighted by Crippen LogP contribution is -2.28. The van der Waals surface area contributed by atoms with E-state index in [1.807, 2.05) is 31.2 Å². The number of halogens is 2. The van der Waals surface area contributed by atoms with Crippen LogP contribution in [0.1, 0.15) is 5.56 Å². The number of hydrogen-bond acceptors (Lipinski definition) is 3. The van der Waals surface area contributed by atoms with Gasteiger partial charge in [-0.05, 0) is 48.9 Å². The topological polar surface area (TPSA) is 68.4 Å². The molecule has 0 atom stereocenters. The van der Waals surface area contributed by atoms with Gasteiger partial charge in [0.1, 0.15) is 12.1 Å². The number of nitrogens with zero attached hydrogens (tertiary/aromatic N) is 3. The molecule has 0 spiro atoms. The summed E-state index contributed by atoms with van der Waals surface area (Å²) in [5, 5.41) is 7.88. The molecule has 0 saturated carbocycles. The fourth-order valence-corrected chi connectivity index (χ4v) is 3.36. The number of anilines is 1. The van der Waals surface area contributed by atoms with Gasteiger partial charge in [0.2, 0.25) is 5.91 Å². The second-order valence-electron chi connectivity index (χ2n) is 6.61. The molecule has 4 rings (SSSR count). The number of aromatic nitrogens is 3. The minimum absolute atomic E-state index is 0.0914. The highest BCUT2D eigenvalue weighted by Crippen LogP contribution is 2.21. The van der Waals surface area contributed by atoms with E-state index in [1.165, 1.54) is 9.08 Å². The number of hydrogen-bond donors (Lipinski definition) is 1. The van der Waals surface area contributed by atoms with Crippen molar-refractivity contribution in [2.75, 3.05) is 5.32 Å². The molecule has 0 fully saturated rings. The van der Waals surface area contributed by atoms with Gasteiger partial charge < -0.3 is 9.88 Å². The molecule has 2 aromatic heterocycles. The maximum atomic E-state index is 12.8. The van der Waals surface area contributed by atoms with Crippen LogP contribution in [-0.4, -0.2) is 20.1 Å². The predicted octanol–water partition coefficient (Wildman–Crippen LogP) is 4.53. The molecule has 29 heavy (non-hydrogen) atoms. The molecule has 0 unspecified atom stereocenters. The molecule has 0 radical (unpaired) electrons. The van der Waals surface area contributed by atoms with Gasteiger partial charge in [0.15, 0.2) is 0 Å². The van der Waals surface area contributed by atoms with Gasteiger partial charge in [0.25, 0.3) is 5.56 Å². The highest BCUT2D eigenvalue weighted by atomic mass is 79.9. The van der Waals surface area contributed by atoms with Crippen molar-refractivity contribution in [2.45, 2.75) is 13.5 Å². The Hall–Kier alpha value is -2.90. The summed E-state index contributed by atoms with van der Waals surface area (Å²) in [4.78, 5) is 25.2. The van der Waals surface area contributed by atoms with Gasteiger partial charge in [-0.15, -0.1) is 0 Å². The second kappa shape index (κ2) is 7.85.